The van der Waals surface area contributed by atoms with E-state index in [0.717, 1.165) is 4.90 Å². The minimum absolute atomic E-state index is 0.143. The van der Waals surface area contributed by atoms with Crippen LogP contribution in [0.15, 0.2) is 40.9 Å². The summed E-state index contributed by atoms with van der Waals surface area (Å²) in [6.07, 6.45) is 0.312. The Morgan fingerprint density at radius 3 is 2.57 bits per heavy atom. The lowest BCUT2D eigenvalue weighted by molar-refractivity contribution is -0.121. The number of nitriles is 1. The molecule has 0 atom stereocenters. The van der Waals surface area contributed by atoms with Gasteiger partial charge in [-0.25, -0.2) is 4.79 Å². The molecule has 1 heterocycles. The van der Waals surface area contributed by atoms with Crippen molar-refractivity contribution in [3.05, 3.63) is 52.0 Å². The quantitative estimate of drug-likeness (QED) is 0.398. The molecule has 0 spiro atoms. The number of anilines is 1. The van der Waals surface area contributed by atoms with Crippen molar-refractivity contribution in [3.63, 3.8) is 0 Å². The summed E-state index contributed by atoms with van der Waals surface area (Å²) in [6.45, 7) is 2.09. The van der Waals surface area contributed by atoms with Crippen LogP contribution in [0.3, 0.4) is 0 Å². The van der Waals surface area contributed by atoms with E-state index in [1.165, 1.54) is 24.3 Å². The second kappa shape index (κ2) is 8.23. The highest BCUT2D eigenvalue weighted by atomic mass is 79.9. The van der Waals surface area contributed by atoms with E-state index in [9.17, 15) is 14.4 Å². The van der Waals surface area contributed by atoms with Crippen LogP contribution >= 0.6 is 15.9 Å². The molecule has 1 aliphatic heterocycles. The zero-order valence-electron chi connectivity index (χ0n) is 14.9. The van der Waals surface area contributed by atoms with Gasteiger partial charge in [-0.1, -0.05) is 6.07 Å². The number of nitrogens with zero attached hydrogens (tertiary/aromatic N) is 2. The van der Waals surface area contributed by atoms with E-state index < -0.39 is 5.97 Å². The third-order valence-electron chi connectivity index (χ3n) is 4.02. The van der Waals surface area contributed by atoms with E-state index in [0.29, 0.717) is 22.3 Å². The van der Waals surface area contributed by atoms with Gasteiger partial charge in [0.25, 0.3) is 0 Å². The van der Waals surface area contributed by atoms with Crippen molar-refractivity contribution in [2.75, 3.05) is 11.5 Å². The number of amides is 2. The van der Waals surface area contributed by atoms with E-state index >= 15 is 0 Å². The number of imide groups is 1. The number of halogens is 1. The van der Waals surface area contributed by atoms with Gasteiger partial charge in [-0.05, 0) is 47.1 Å². The molecule has 28 heavy (non-hydrogen) atoms. The van der Waals surface area contributed by atoms with E-state index in [1.54, 1.807) is 19.1 Å². The predicted octanol–water partition coefficient (Wildman–Crippen LogP) is 3.59. The molecule has 0 saturated carbocycles. The molecule has 2 aromatic carbocycles. The zero-order chi connectivity index (χ0) is 20.3. The van der Waals surface area contributed by atoms with Crippen LogP contribution in [-0.4, -0.2) is 24.4 Å². The minimum Gasteiger partial charge on any atom is -0.490 e. The van der Waals surface area contributed by atoms with Gasteiger partial charge in [0.15, 0.2) is 11.5 Å². The Hall–Kier alpha value is -3.18. The maximum Gasteiger partial charge on any atom is 0.343 e. The summed E-state index contributed by atoms with van der Waals surface area (Å²) in [7, 11) is 0. The Labute approximate surface area is 169 Å². The largest absolute Gasteiger partial charge is 0.490 e. The van der Waals surface area contributed by atoms with Crippen LogP contribution in [0.1, 0.15) is 35.7 Å². The smallest absolute Gasteiger partial charge is 0.343 e. The lowest BCUT2D eigenvalue weighted by Gasteiger charge is -2.15. The summed E-state index contributed by atoms with van der Waals surface area (Å²) in [5.74, 6) is -0.896. The van der Waals surface area contributed by atoms with Gasteiger partial charge in [0.2, 0.25) is 11.8 Å². The first kappa shape index (κ1) is 19.6. The summed E-state index contributed by atoms with van der Waals surface area (Å²) in [6, 6.07) is 11.1. The molecule has 1 fully saturated rings. The average Bonchev–Trinajstić information content (AvgIpc) is 3.02. The Morgan fingerprint density at radius 1 is 1.21 bits per heavy atom. The molecule has 2 aromatic rings. The Morgan fingerprint density at radius 2 is 1.93 bits per heavy atom. The number of benzene rings is 2. The molecule has 0 radical (unpaired) electrons. The van der Waals surface area contributed by atoms with Gasteiger partial charge in [-0.2, -0.15) is 5.26 Å². The van der Waals surface area contributed by atoms with Gasteiger partial charge in [0.05, 0.1) is 34.0 Å². The number of esters is 1. The van der Waals surface area contributed by atoms with Gasteiger partial charge in [-0.3, -0.25) is 14.5 Å². The van der Waals surface area contributed by atoms with Gasteiger partial charge in [-0.15, -0.1) is 0 Å². The van der Waals surface area contributed by atoms with E-state index in [1.807, 2.05) is 6.07 Å². The second-order valence-corrected chi connectivity index (χ2v) is 6.75. The number of rotatable bonds is 5. The monoisotopic (exact) mass is 442 g/mol. The van der Waals surface area contributed by atoms with E-state index in [-0.39, 0.29) is 41.7 Å². The van der Waals surface area contributed by atoms with Crippen molar-refractivity contribution in [1.82, 2.24) is 0 Å². The molecule has 0 N–H and O–H groups in total. The SMILES string of the molecule is CCOc1cc(C#N)cc(Br)c1OC(=O)c1cccc(N2C(=O)CCC2=O)c1. The number of hydrogen-bond donors (Lipinski definition) is 0. The van der Waals surface area contributed by atoms with E-state index in [4.69, 9.17) is 14.7 Å². The summed E-state index contributed by atoms with van der Waals surface area (Å²) in [4.78, 5) is 37.6. The zero-order valence-corrected chi connectivity index (χ0v) is 16.5. The third-order valence-corrected chi connectivity index (χ3v) is 4.61. The number of carbonyl (C=O) groups excluding carboxylic acids is 3. The van der Waals surface area contributed by atoms with Crippen molar-refractivity contribution in [3.8, 4) is 17.6 Å². The van der Waals surface area contributed by atoms with Crippen molar-refractivity contribution in [2.45, 2.75) is 19.8 Å². The average molecular weight is 443 g/mol. The Bertz CT molecular complexity index is 996. The molecular formula is C20H15BrN2O5. The van der Waals surface area contributed by atoms with Crippen LogP contribution < -0.4 is 14.4 Å². The summed E-state index contributed by atoms with van der Waals surface area (Å²) < 4.78 is 11.3. The van der Waals surface area contributed by atoms with Crippen LogP contribution in [0.4, 0.5) is 5.69 Å². The predicted molar refractivity (Wildman–Crippen MR) is 103 cm³/mol. The molecule has 1 aliphatic rings. The topological polar surface area (TPSA) is 96.7 Å². The minimum atomic E-state index is -0.688. The lowest BCUT2D eigenvalue weighted by atomic mass is 10.2. The standard InChI is InChI=1S/C20H15BrN2O5/c1-2-27-16-9-12(11-22)8-15(21)19(16)28-20(26)13-4-3-5-14(10-13)23-17(24)6-7-18(23)25/h3-5,8-10H,2,6-7H2,1H3. The number of carbonyl (C=O) groups is 3. The first-order valence-electron chi connectivity index (χ1n) is 8.49. The normalized spacial score (nSPS) is 13.4. The molecule has 1 saturated heterocycles. The lowest BCUT2D eigenvalue weighted by Crippen LogP contribution is -2.28. The fourth-order valence-corrected chi connectivity index (χ4v) is 3.31. The Kier molecular flexibility index (Phi) is 5.76. The van der Waals surface area contributed by atoms with Crippen LogP contribution in [0, 0.1) is 11.3 Å². The van der Waals surface area contributed by atoms with Gasteiger partial charge < -0.3 is 9.47 Å². The first-order valence-corrected chi connectivity index (χ1v) is 9.28. The molecule has 7 nitrogen and oxygen atoms in total. The molecular weight excluding hydrogens is 428 g/mol. The van der Waals surface area contributed by atoms with E-state index in [2.05, 4.69) is 15.9 Å². The van der Waals surface area contributed by atoms with Crippen molar-refractivity contribution < 1.29 is 23.9 Å². The molecule has 2 amide bonds. The van der Waals surface area contributed by atoms with Crippen LogP contribution in [0.5, 0.6) is 11.5 Å². The van der Waals surface area contributed by atoms with Crippen molar-refractivity contribution in [2.24, 2.45) is 0 Å². The van der Waals surface area contributed by atoms with Gasteiger partial charge >= 0.3 is 5.97 Å². The molecule has 0 bridgehead atoms. The van der Waals surface area contributed by atoms with Gasteiger partial charge in [0.1, 0.15) is 0 Å². The first-order chi connectivity index (χ1) is 13.4. The summed E-state index contributed by atoms with van der Waals surface area (Å²) >= 11 is 3.29. The molecule has 142 valence electrons. The maximum atomic E-state index is 12.7. The molecule has 0 aliphatic carbocycles. The highest BCUT2D eigenvalue weighted by Crippen LogP contribution is 2.37. The summed E-state index contributed by atoms with van der Waals surface area (Å²) in [5, 5.41) is 9.09. The third kappa shape index (κ3) is 3.89. The second-order valence-electron chi connectivity index (χ2n) is 5.89. The van der Waals surface area contributed by atoms with Crippen LogP contribution in [-0.2, 0) is 9.59 Å². The fourth-order valence-electron chi connectivity index (χ4n) is 2.78. The van der Waals surface area contributed by atoms with Crippen molar-refractivity contribution >= 4 is 39.4 Å². The number of hydrogen-bond acceptors (Lipinski definition) is 6. The van der Waals surface area contributed by atoms with Crippen LogP contribution in [0.25, 0.3) is 0 Å². The molecule has 3 rings (SSSR count). The fraction of sp³-hybridized carbons (Fsp3) is 0.200. The highest BCUT2D eigenvalue weighted by molar-refractivity contribution is 9.10. The maximum absolute atomic E-state index is 12.7. The Balaban J connectivity index is 1.90. The van der Waals surface area contributed by atoms with Crippen LogP contribution in [0.2, 0.25) is 0 Å². The summed E-state index contributed by atoms with van der Waals surface area (Å²) in [5.41, 5.74) is 0.845. The van der Waals surface area contributed by atoms with Crippen molar-refractivity contribution in [1.29, 1.82) is 5.26 Å². The molecule has 0 aromatic heterocycles. The highest BCUT2D eigenvalue weighted by Gasteiger charge is 2.30. The number of ether oxygens (including phenoxy) is 2. The molecule has 8 heteroatoms. The molecule has 0 unspecified atom stereocenters. The van der Waals surface area contributed by atoms with Gasteiger partial charge in [0, 0.05) is 18.9 Å².